The highest BCUT2D eigenvalue weighted by molar-refractivity contribution is 6.34. The van der Waals surface area contributed by atoms with E-state index in [4.69, 9.17) is 32.7 Å². The summed E-state index contributed by atoms with van der Waals surface area (Å²) >= 11 is 12.3. The topological polar surface area (TPSA) is 89.9 Å². The van der Waals surface area contributed by atoms with Crippen LogP contribution < -0.4 is 9.47 Å². The minimum absolute atomic E-state index is 0.0940. The number of allylic oxidation sites excluding steroid dienone is 9. The zero-order valence-corrected chi connectivity index (χ0v) is 38.9. The van der Waals surface area contributed by atoms with Gasteiger partial charge >= 0.3 is 0 Å². The van der Waals surface area contributed by atoms with E-state index in [1.165, 1.54) is 0 Å². The van der Waals surface area contributed by atoms with Gasteiger partial charge in [0.05, 0.1) is 10.8 Å². The van der Waals surface area contributed by atoms with E-state index in [9.17, 15) is 5.11 Å². The average molecular weight is 866 g/mol. The number of ether oxygens (including phenoxy) is 2. The quantitative estimate of drug-likeness (QED) is 0.0629. The molecule has 2 bridgehead atoms. The number of benzene rings is 3. The first-order valence-electron chi connectivity index (χ1n) is 21.2. The molecule has 2 aliphatic carbocycles. The largest absolute Gasteiger partial charge is 0.510 e. The van der Waals surface area contributed by atoms with Crippen LogP contribution in [0, 0.1) is 28.1 Å². The first-order valence-corrected chi connectivity index (χ1v) is 22.0. The van der Waals surface area contributed by atoms with Crippen LogP contribution in [0.3, 0.4) is 0 Å². The molecule has 1 N–H and O–H groups in total. The molecule has 4 atom stereocenters. The van der Waals surface area contributed by atoms with Crippen LogP contribution in [0.5, 0.6) is 11.5 Å². The zero-order valence-electron chi connectivity index (χ0n) is 37.3. The van der Waals surface area contributed by atoms with E-state index in [2.05, 4.69) is 46.4 Å². The van der Waals surface area contributed by atoms with E-state index < -0.39 is 33.6 Å². The molecule has 8 heteroatoms. The predicted molar refractivity (Wildman–Crippen MR) is 248 cm³/mol. The Morgan fingerprint density at radius 2 is 1.33 bits per heavy atom. The maximum atomic E-state index is 15.8. The monoisotopic (exact) mass is 864 g/mol. The van der Waals surface area contributed by atoms with Gasteiger partial charge < -0.3 is 14.6 Å². The van der Waals surface area contributed by atoms with Crippen molar-refractivity contribution in [2.45, 2.75) is 114 Å². The van der Waals surface area contributed by atoms with Crippen LogP contribution in [0.25, 0.3) is 0 Å². The zero-order chi connectivity index (χ0) is 44.9. The second-order valence-electron chi connectivity index (χ2n) is 18.7. The molecule has 0 heterocycles. The van der Waals surface area contributed by atoms with Crippen molar-refractivity contribution in [3.8, 4) is 11.5 Å². The van der Waals surface area contributed by atoms with Crippen molar-refractivity contribution in [3.63, 3.8) is 0 Å². The van der Waals surface area contributed by atoms with Crippen molar-refractivity contribution in [2.75, 3.05) is 0 Å². The highest BCUT2D eigenvalue weighted by Gasteiger charge is 2.66. The number of fused-ring (bicyclic) bond motifs is 2. The molecule has 1 saturated carbocycles. The third-order valence-electron chi connectivity index (χ3n) is 12.5. The maximum Gasteiger partial charge on any atom is 0.200 e. The van der Waals surface area contributed by atoms with Gasteiger partial charge in [-0.2, -0.15) is 0 Å². The van der Waals surface area contributed by atoms with Gasteiger partial charge in [-0.25, -0.2) is 0 Å². The molecule has 0 aromatic heterocycles. The second kappa shape index (κ2) is 19.6. The molecule has 0 spiro atoms. The first-order chi connectivity index (χ1) is 28.7. The Balaban J connectivity index is 1.72. The number of hydrogen-bond acceptors (Lipinski definition) is 6. The Hall–Kier alpha value is -4.65. The molecule has 5 rings (SSSR count). The van der Waals surface area contributed by atoms with Crippen molar-refractivity contribution in [1.82, 2.24) is 0 Å². The van der Waals surface area contributed by atoms with Gasteiger partial charge in [-0.15, -0.1) is 0 Å². The fourth-order valence-corrected chi connectivity index (χ4v) is 9.14. The van der Waals surface area contributed by atoms with Crippen molar-refractivity contribution < 1.29 is 29.0 Å². The molecule has 0 saturated heterocycles. The average Bonchev–Trinajstić information content (AvgIpc) is 3.25. The summed E-state index contributed by atoms with van der Waals surface area (Å²) in [6.45, 7) is 22.9. The Morgan fingerprint density at radius 3 is 1.85 bits per heavy atom. The van der Waals surface area contributed by atoms with E-state index in [0.29, 0.717) is 28.6 Å². The van der Waals surface area contributed by atoms with Gasteiger partial charge in [0.1, 0.15) is 24.5 Å². The fourth-order valence-electron chi connectivity index (χ4n) is 8.89. The van der Waals surface area contributed by atoms with Crippen LogP contribution in [0.4, 0.5) is 0 Å². The number of aliphatic hydroxyl groups excluding tert-OH is 1. The van der Waals surface area contributed by atoms with Crippen molar-refractivity contribution in [3.05, 3.63) is 152 Å². The van der Waals surface area contributed by atoms with E-state index in [-0.39, 0.29) is 73.4 Å². The summed E-state index contributed by atoms with van der Waals surface area (Å²) in [6, 6.07) is 19.3. The lowest BCUT2D eigenvalue weighted by Crippen LogP contribution is -2.55. The van der Waals surface area contributed by atoms with Gasteiger partial charge in [0.2, 0.25) is 0 Å². The van der Waals surface area contributed by atoms with Gasteiger partial charge in [-0.05, 0) is 158 Å². The highest BCUT2D eigenvalue weighted by Crippen LogP contribution is 2.62. The number of Topliss-reactive ketones (excluding diaryl/α,β-unsaturated/α-hetero) is 3. The molecule has 0 aliphatic heterocycles. The Labute approximate surface area is 373 Å². The second-order valence-corrected chi connectivity index (χ2v) is 19.6. The number of halogens is 2. The predicted octanol–water partition coefficient (Wildman–Crippen LogP) is 14.4. The van der Waals surface area contributed by atoms with Crippen LogP contribution in [-0.2, 0) is 22.8 Å². The van der Waals surface area contributed by atoms with Crippen LogP contribution in [0.2, 0.25) is 10.0 Å². The number of aliphatic hydroxyl groups is 1. The Bertz CT molecular complexity index is 2260. The number of hydrogen-bond donors (Lipinski definition) is 1. The van der Waals surface area contributed by atoms with Gasteiger partial charge in [-0.3, -0.25) is 14.4 Å². The molecule has 2 aliphatic rings. The number of rotatable bonds is 17. The molecule has 61 heavy (non-hydrogen) atoms. The molecule has 4 unspecified atom stereocenters. The highest BCUT2D eigenvalue weighted by atomic mass is 35.5. The van der Waals surface area contributed by atoms with E-state index >= 15 is 14.4 Å². The van der Waals surface area contributed by atoms with Gasteiger partial charge in [0, 0.05) is 15.6 Å². The van der Waals surface area contributed by atoms with Gasteiger partial charge in [0.25, 0.3) is 0 Å². The first kappa shape index (κ1) is 47.4. The third kappa shape index (κ3) is 10.9. The molecule has 3 aromatic carbocycles. The Morgan fingerprint density at radius 1 is 0.787 bits per heavy atom. The van der Waals surface area contributed by atoms with Crippen molar-refractivity contribution >= 4 is 40.6 Å². The smallest absolute Gasteiger partial charge is 0.200 e. The molecule has 0 amide bonds. The molecule has 1 fully saturated rings. The molecular formula is C53H62Cl2O6. The summed E-state index contributed by atoms with van der Waals surface area (Å²) in [4.78, 5) is 46.5. The number of ketones is 3. The van der Waals surface area contributed by atoms with Crippen molar-refractivity contribution in [1.29, 1.82) is 0 Å². The lowest BCUT2D eigenvalue weighted by atomic mass is 9.54. The summed E-state index contributed by atoms with van der Waals surface area (Å²) in [5.74, 6) is -1.69. The minimum Gasteiger partial charge on any atom is -0.510 e. The summed E-state index contributed by atoms with van der Waals surface area (Å²) in [5, 5.41) is 14.1. The van der Waals surface area contributed by atoms with E-state index in [0.717, 1.165) is 33.4 Å². The van der Waals surface area contributed by atoms with Gasteiger partial charge in [0.15, 0.2) is 28.8 Å². The maximum absolute atomic E-state index is 15.8. The SMILES string of the molecule is C=C(C)C(CC=C(C)C)CC12CC(CC=C(C)C)C(C)(C)CC(CC=C(C)C)(C(=O)C(C(=O)c3ccc(OCc4ccc(Cl)cc4)c(OCc4ccc(Cl)cc4)c3)=C1O)C2=O. The van der Waals surface area contributed by atoms with E-state index in [1.807, 2.05) is 65.0 Å². The van der Waals surface area contributed by atoms with Gasteiger partial charge in [-0.1, -0.05) is 108 Å². The van der Waals surface area contributed by atoms with Crippen LogP contribution in [0.1, 0.15) is 122 Å². The van der Waals surface area contributed by atoms with Crippen LogP contribution >= 0.6 is 23.2 Å². The molecule has 6 nitrogen and oxygen atoms in total. The van der Waals surface area contributed by atoms with Crippen LogP contribution in [0.15, 0.2) is 125 Å². The fraction of sp³-hybridized carbons (Fsp3) is 0.415. The third-order valence-corrected chi connectivity index (χ3v) is 13.0. The summed E-state index contributed by atoms with van der Waals surface area (Å²) in [5.41, 5.74) is 1.96. The van der Waals surface area contributed by atoms with Crippen molar-refractivity contribution in [2.24, 2.45) is 28.1 Å². The molecule has 3 aromatic rings. The standard InChI is InChI=1S/C53H62Cl2O6/c1-33(2)11-17-40(36(7)8)28-53-29-41(19-12-34(3)4)51(9,10)32-52(50(53)59,26-25-35(5)6)48(57)46(49(53)58)47(56)39-18-24-44(60-30-37-13-20-42(54)21-14-37)45(27-39)61-31-38-15-22-43(55)23-16-38/h11-16,18,20-25,27,40-41,58H,7,17,19,26,28-32H2,1-6,8-10H3. The molecule has 324 valence electrons. The summed E-state index contributed by atoms with van der Waals surface area (Å²) in [7, 11) is 0. The Kier molecular flexibility index (Phi) is 15.2. The lowest BCUT2D eigenvalue weighted by molar-refractivity contribution is -0.149. The number of carbonyl (C=O) groups is 3. The minimum atomic E-state index is -1.59. The lowest BCUT2D eigenvalue weighted by Gasteiger charge is -2.45. The molecular weight excluding hydrogens is 803 g/mol. The van der Waals surface area contributed by atoms with Crippen LogP contribution in [-0.4, -0.2) is 22.5 Å². The normalized spacial score (nSPS) is 21.2. The number of carbonyl (C=O) groups excluding carboxylic acids is 3. The summed E-state index contributed by atoms with van der Waals surface area (Å²) in [6.07, 6.45) is 8.35. The summed E-state index contributed by atoms with van der Waals surface area (Å²) < 4.78 is 12.6. The molecule has 0 radical (unpaired) electrons. The van der Waals surface area contributed by atoms with E-state index in [1.54, 1.807) is 42.5 Å².